The van der Waals surface area contributed by atoms with Crippen molar-refractivity contribution in [1.82, 2.24) is 4.90 Å². The molecule has 0 bridgehead atoms. The van der Waals surface area contributed by atoms with Crippen LogP contribution in [0.4, 0.5) is 0 Å². The topological polar surface area (TPSA) is 103 Å². The van der Waals surface area contributed by atoms with Crippen LogP contribution in [0.5, 0.6) is 0 Å². The predicted molar refractivity (Wildman–Crippen MR) is 86.1 cm³/mol. The normalized spacial score (nSPS) is 18.9. The molecule has 25 heavy (non-hydrogen) atoms. The maximum absolute atomic E-state index is 12.3. The highest BCUT2D eigenvalue weighted by atomic mass is 16.5. The van der Waals surface area contributed by atoms with Crippen LogP contribution in [0.15, 0.2) is 41.6 Å². The third-order valence-corrected chi connectivity index (χ3v) is 4.11. The molecular weight excluding hydrogens is 322 g/mol. The maximum Gasteiger partial charge on any atom is 0.315 e. The lowest BCUT2D eigenvalue weighted by atomic mass is 9.92. The SMILES string of the molecule is COC(=O)[C@H]1C(=C(C#N)C#N)N(Cc2ccccc2)C[C@@H]1C(=O)OC. The van der Waals surface area contributed by atoms with Gasteiger partial charge in [0.25, 0.3) is 0 Å². The van der Waals surface area contributed by atoms with Crippen LogP contribution < -0.4 is 0 Å². The van der Waals surface area contributed by atoms with E-state index in [1.165, 1.54) is 14.2 Å². The number of carbonyl (C=O) groups excluding carboxylic acids is 2. The van der Waals surface area contributed by atoms with Crippen molar-refractivity contribution in [3.05, 3.63) is 47.2 Å². The highest BCUT2D eigenvalue weighted by molar-refractivity contribution is 5.86. The van der Waals surface area contributed by atoms with Crippen LogP contribution in [0.3, 0.4) is 0 Å². The van der Waals surface area contributed by atoms with E-state index < -0.39 is 23.8 Å². The van der Waals surface area contributed by atoms with Gasteiger partial charge in [-0.1, -0.05) is 30.3 Å². The highest BCUT2D eigenvalue weighted by Gasteiger charge is 2.48. The number of nitrogens with zero attached hydrogens (tertiary/aromatic N) is 3. The molecule has 7 heteroatoms. The average Bonchev–Trinajstić information content (AvgIpc) is 3.01. The van der Waals surface area contributed by atoms with Gasteiger partial charge in [-0.25, -0.2) is 0 Å². The van der Waals surface area contributed by atoms with Crippen LogP contribution in [0, 0.1) is 34.5 Å². The Hall–Kier alpha value is -3.32. The monoisotopic (exact) mass is 339 g/mol. The van der Waals surface area contributed by atoms with Crippen molar-refractivity contribution in [2.45, 2.75) is 6.54 Å². The van der Waals surface area contributed by atoms with E-state index in [4.69, 9.17) is 9.47 Å². The molecule has 1 aliphatic heterocycles. The number of ether oxygens (including phenoxy) is 2. The Kier molecular flexibility index (Phi) is 5.75. The van der Waals surface area contributed by atoms with Gasteiger partial charge in [0.2, 0.25) is 0 Å². The Balaban J connectivity index is 2.52. The predicted octanol–water partition coefficient (Wildman–Crippen LogP) is 1.38. The second-order valence-electron chi connectivity index (χ2n) is 5.48. The second kappa shape index (κ2) is 7.98. The summed E-state index contributed by atoms with van der Waals surface area (Å²) >= 11 is 0. The Morgan fingerprint density at radius 2 is 1.72 bits per heavy atom. The van der Waals surface area contributed by atoms with Gasteiger partial charge in [-0.05, 0) is 5.56 Å². The largest absolute Gasteiger partial charge is 0.469 e. The van der Waals surface area contributed by atoms with Gasteiger partial charge in [-0.15, -0.1) is 0 Å². The van der Waals surface area contributed by atoms with Gasteiger partial charge < -0.3 is 14.4 Å². The smallest absolute Gasteiger partial charge is 0.315 e. The Bertz CT molecular complexity index is 758. The number of rotatable bonds is 4. The number of benzene rings is 1. The first-order valence-electron chi connectivity index (χ1n) is 7.56. The van der Waals surface area contributed by atoms with Gasteiger partial charge in [0, 0.05) is 13.1 Å². The van der Waals surface area contributed by atoms with Gasteiger partial charge in [-0.3, -0.25) is 9.59 Å². The van der Waals surface area contributed by atoms with Crippen molar-refractivity contribution in [1.29, 1.82) is 10.5 Å². The van der Waals surface area contributed by atoms with Crippen molar-refractivity contribution in [3.63, 3.8) is 0 Å². The molecule has 0 spiro atoms. The molecule has 2 rings (SSSR count). The van der Waals surface area contributed by atoms with Gasteiger partial charge in [0.05, 0.1) is 25.8 Å². The second-order valence-corrected chi connectivity index (χ2v) is 5.48. The fourth-order valence-electron chi connectivity index (χ4n) is 3.00. The third kappa shape index (κ3) is 3.61. The summed E-state index contributed by atoms with van der Waals surface area (Å²) in [5.41, 5.74) is 0.915. The van der Waals surface area contributed by atoms with Crippen LogP contribution in [-0.2, 0) is 25.6 Å². The third-order valence-electron chi connectivity index (χ3n) is 4.11. The first-order valence-corrected chi connectivity index (χ1v) is 7.56. The molecule has 0 aliphatic carbocycles. The van der Waals surface area contributed by atoms with Crippen molar-refractivity contribution in [3.8, 4) is 12.1 Å². The molecule has 0 unspecified atom stereocenters. The molecule has 0 amide bonds. The van der Waals surface area contributed by atoms with Crippen molar-refractivity contribution >= 4 is 11.9 Å². The van der Waals surface area contributed by atoms with Gasteiger partial charge >= 0.3 is 11.9 Å². The summed E-state index contributed by atoms with van der Waals surface area (Å²) in [6.07, 6.45) is 0. The molecular formula is C18H17N3O4. The van der Waals surface area contributed by atoms with Crippen LogP contribution >= 0.6 is 0 Å². The summed E-state index contributed by atoms with van der Waals surface area (Å²) in [6, 6.07) is 13.0. The van der Waals surface area contributed by atoms with E-state index in [2.05, 4.69) is 0 Å². The summed E-state index contributed by atoms with van der Waals surface area (Å²) in [5.74, 6) is -3.15. The number of carbonyl (C=O) groups is 2. The molecule has 128 valence electrons. The number of likely N-dealkylation sites (tertiary alicyclic amines) is 1. The zero-order valence-electron chi connectivity index (χ0n) is 13.9. The summed E-state index contributed by atoms with van der Waals surface area (Å²) in [7, 11) is 2.43. The first kappa shape index (κ1) is 18.0. The average molecular weight is 339 g/mol. The lowest BCUT2D eigenvalue weighted by molar-refractivity contribution is -0.154. The van der Waals surface area contributed by atoms with Crippen LogP contribution in [0.2, 0.25) is 0 Å². The molecule has 1 heterocycles. The quantitative estimate of drug-likeness (QED) is 0.603. The number of methoxy groups -OCH3 is 2. The molecule has 0 N–H and O–H groups in total. The van der Waals surface area contributed by atoms with E-state index in [-0.39, 0.29) is 17.8 Å². The standard InChI is InChI=1S/C18H17N3O4/c1-24-17(22)14-11-21(10-12-6-4-3-5-7-12)16(13(8-19)9-20)15(14)18(23)25-2/h3-7,14-15H,10-11H2,1-2H3/t14-,15+/m0/s1. The molecule has 0 radical (unpaired) electrons. The van der Waals surface area contributed by atoms with E-state index >= 15 is 0 Å². The highest BCUT2D eigenvalue weighted by Crippen LogP contribution is 2.37. The number of allylic oxidation sites excluding steroid dienone is 1. The Labute approximate surface area is 145 Å². The molecule has 7 nitrogen and oxygen atoms in total. The summed E-state index contributed by atoms with van der Waals surface area (Å²) < 4.78 is 9.59. The zero-order valence-corrected chi connectivity index (χ0v) is 13.9. The Morgan fingerprint density at radius 1 is 1.12 bits per heavy atom. The number of hydrogen-bond acceptors (Lipinski definition) is 7. The van der Waals surface area contributed by atoms with Crippen molar-refractivity contribution < 1.29 is 19.1 Å². The summed E-state index contributed by atoms with van der Waals surface area (Å²) in [5, 5.41) is 18.6. The number of nitriles is 2. The fraction of sp³-hybridized carbons (Fsp3) is 0.333. The first-order chi connectivity index (χ1) is 12.1. The Morgan fingerprint density at radius 3 is 2.24 bits per heavy atom. The maximum atomic E-state index is 12.3. The summed E-state index contributed by atoms with van der Waals surface area (Å²) in [4.78, 5) is 26.1. The van der Waals surface area contributed by atoms with Crippen molar-refractivity contribution in [2.24, 2.45) is 11.8 Å². The van der Waals surface area contributed by atoms with E-state index in [1.807, 2.05) is 42.5 Å². The molecule has 1 fully saturated rings. The minimum absolute atomic E-state index is 0.156. The van der Waals surface area contributed by atoms with Gasteiger partial charge in [0.1, 0.15) is 23.6 Å². The van der Waals surface area contributed by atoms with E-state index in [0.717, 1.165) is 5.56 Å². The minimum atomic E-state index is -1.05. The molecule has 0 saturated carbocycles. The van der Waals surface area contributed by atoms with Crippen LogP contribution in [-0.4, -0.2) is 37.6 Å². The lowest BCUT2D eigenvalue weighted by Gasteiger charge is -2.21. The zero-order chi connectivity index (χ0) is 18.4. The molecule has 0 aromatic heterocycles. The molecule has 2 atom stereocenters. The number of hydrogen-bond donors (Lipinski definition) is 0. The van der Waals surface area contributed by atoms with Crippen molar-refractivity contribution in [2.75, 3.05) is 20.8 Å². The number of esters is 2. The van der Waals surface area contributed by atoms with E-state index in [0.29, 0.717) is 6.54 Å². The van der Waals surface area contributed by atoms with Crippen LogP contribution in [0.25, 0.3) is 0 Å². The lowest BCUT2D eigenvalue weighted by Crippen LogP contribution is -2.30. The summed E-state index contributed by atoms with van der Waals surface area (Å²) in [6.45, 7) is 0.507. The van der Waals surface area contributed by atoms with Crippen LogP contribution in [0.1, 0.15) is 5.56 Å². The molecule has 1 aromatic rings. The van der Waals surface area contributed by atoms with Gasteiger partial charge in [-0.2, -0.15) is 10.5 Å². The van der Waals surface area contributed by atoms with E-state index in [1.54, 1.807) is 4.90 Å². The fourth-order valence-corrected chi connectivity index (χ4v) is 3.00. The minimum Gasteiger partial charge on any atom is -0.469 e. The van der Waals surface area contributed by atoms with E-state index in [9.17, 15) is 20.1 Å². The van der Waals surface area contributed by atoms with Gasteiger partial charge in [0.15, 0.2) is 0 Å². The molecule has 1 saturated heterocycles. The molecule has 1 aliphatic rings. The molecule has 1 aromatic carbocycles.